The average molecular weight is 268 g/mol. The van der Waals surface area contributed by atoms with E-state index >= 15 is 0 Å². The smallest absolute Gasteiger partial charge is 0.389 e. The van der Waals surface area contributed by atoms with Crippen LogP contribution in [0.5, 0.6) is 0 Å². The van der Waals surface area contributed by atoms with Gasteiger partial charge in [-0.1, -0.05) is 20.1 Å². The summed E-state index contributed by atoms with van der Waals surface area (Å²) in [4.78, 5) is 19.8. The summed E-state index contributed by atoms with van der Waals surface area (Å²) < 4.78 is 34.3. The largest absolute Gasteiger partial charge is 0.478 e. The minimum absolute atomic E-state index is 0.264. The van der Waals surface area contributed by atoms with Crippen molar-refractivity contribution < 1.29 is 33.0 Å². The van der Waals surface area contributed by atoms with Gasteiger partial charge in [-0.15, -0.1) is 0 Å². The Kier molecular flexibility index (Phi) is 8.59. The van der Waals surface area contributed by atoms with Crippen LogP contribution >= 0.6 is 0 Å². The number of carbonyl (C=O) groups is 2. The Morgan fingerprint density at radius 1 is 1.06 bits per heavy atom. The fourth-order valence-electron chi connectivity index (χ4n) is 0.551. The quantitative estimate of drug-likeness (QED) is 0.751. The van der Waals surface area contributed by atoms with E-state index in [-0.39, 0.29) is 5.57 Å². The molecule has 0 aliphatic heterocycles. The predicted octanol–water partition coefficient (Wildman–Crippen LogP) is 3.01. The van der Waals surface area contributed by atoms with Gasteiger partial charge < -0.3 is 10.2 Å². The van der Waals surface area contributed by atoms with E-state index in [1.165, 1.54) is 0 Å². The molecule has 2 N–H and O–H groups in total. The van der Waals surface area contributed by atoms with Crippen LogP contribution in [0.2, 0.25) is 0 Å². The second kappa shape index (κ2) is 8.32. The summed E-state index contributed by atoms with van der Waals surface area (Å²) in [7, 11) is 0. The van der Waals surface area contributed by atoms with E-state index in [0.29, 0.717) is 6.42 Å². The molecule has 0 heterocycles. The van der Waals surface area contributed by atoms with Gasteiger partial charge >= 0.3 is 18.1 Å². The molecule has 0 aliphatic carbocycles. The summed E-state index contributed by atoms with van der Waals surface area (Å²) in [5, 5.41) is 16.2. The van der Waals surface area contributed by atoms with Crippen molar-refractivity contribution in [2.45, 2.75) is 32.4 Å². The van der Waals surface area contributed by atoms with E-state index in [1.807, 2.05) is 0 Å². The first-order valence-electron chi connectivity index (χ1n) is 4.90. The molecule has 0 aromatic carbocycles. The van der Waals surface area contributed by atoms with Crippen LogP contribution in [0.15, 0.2) is 24.3 Å². The highest BCUT2D eigenvalue weighted by Gasteiger charge is 2.27. The van der Waals surface area contributed by atoms with Gasteiger partial charge in [0.2, 0.25) is 0 Å². The first-order chi connectivity index (χ1) is 8.01. The number of rotatable bonds is 5. The molecule has 0 saturated heterocycles. The summed E-state index contributed by atoms with van der Waals surface area (Å²) in [6.45, 7) is 7.99. The van der Waals surface area contributed by atoms with Crippen LogP contribution < -0.4 is 0 Å². The molecule has 7 heteroatoms. The average Bonchev–Trinajstić information content (AvgIpc) is 2.24. The standard InChI is InChI=1S/C6H7F3O2.C5H8O2/c1-4(5(10)11)2-3-6(7,8)9;1-3-4(2)5(6)7/h1-3H2,(H,10,11);2-3H2,1H3,(H,6,7). The lowest BCUT2D eigenvalue weighted by atomic mass is 10.2. The predicted molar refractivity (Wildman–Crippen MR) is 59.1 cm³/mol. The molecule has 0 spiro atoms. The Labute approximate surface area is 102 Å². The Hall–Kier alpha value is -1.79. The topological polar surface area (TPSA) is 74.6 Å². The minimum atomic E-state index is -4.31. The number of aliphatic carboxylic acids is 2. The molecule has 18 heavy (non-hydrogen) atoms. The molecule has 0 unspecified atom stereocenters. The lowest BCUT2D eigenvalue weighted by Gasteiger charge is -2.04. The van der Waals surface area contributed by atoms with Crippen molar-refractivity contribution in [3.05, 3.63) is 24.3 Å². The Balaban J connectivity index is 0. The van der Waals surface area contributed by atoms with Crippen molar-refractivity contribution >= 4 is 11.9 Å². The molecule has 0 fully saturated rings. The fourth-order valence-corrected chi connectivity index (χ4v) is 0.551. The van der Waals surface area contributed by atoms with Gasteiger partial charge in [0.05, 0.1) is 0 Å². The number of halogens is 3. The number of carboxylic acid groups (broad SMARTS) is 2. The van der Waals surface area contributed by atoms with Gasteiger partial charge in [0.15, 0.2) is 0 Å². The number of alkyl halides is 3. The van der Waals surface area contributed by atoms with Crippen LogP contribution in [0.3, 0.4) is 0 Å². The van der Waals surface area contributed by atoms with Crippen molar-refractivity contribution in [1.29, 1.82) is 0 Å². The van der Waals surface area contributed by atoms with E-state index in [9.17, 15) is 22.8 Å². The van der Waals surface area contributed by atoms with Gasteiger partial charge in [0.1, 0.15) is 0 Å². The molecule has 104 valence electrons. The van der Waals surface area contributed by atoms with Crippen molar-refractivity contribution in [3.63, 3.8) is 0 Å². The third-order valence-electron chi connectivity index (χ3n) is 1.74. The Morgan fingerprint density at radius 2 is 1.44 bits per heavy atom. The van der Waals surface area contributed by atoms with E-state index in [4.69, 9.17) is 10.2 Å². The maximum absolute atomic E-state index is 11.4. The molecule has 0 aliphatic rings. The maximum Gasteiger partial charge on any atom is 0.389 e. The lowest BCUT2D eigenvalue weighted by Crippen LogP contribution is -2.09. The normalized spacial score (nSPS) is 10.0. The second-order valence-electron chi connectivity index (χ2n) is 3.29. The molecule has 0 rings (SSSR count). The molecular weight excluding hydrogens is 253 g/mol. The summed E-state index contributed by atoms with van der Waals surface area (Å²) >= 11 is 0. The third kappa shape index (κ3) is 12.3. The summed E-state index contributed by atoms with van der Waals surface area (Å²) in [5.41, 5.74) is -0.151. The molecule has 0 bridgehead atoms. The number of hydrogen-bond acceptors (Lipinski definition) is 2. The van der Waals surface area contributed by atoms with E-state index < -0.39 is 36.5 Å². The molecule has 0 amide bonds. The van der Waals surface area contributed by atoms with Gasteiger partial charge in [0, 0.05) is 17.6 Å². The zero-order chi connectivity index (χ0) is 14.9. The molecular formula is C11H15F3O4. The van der Waals surface area contributed by atoms with Crippen LogP contribution in [0.1, 0.15) is 26.2 Å². The van der Waals surface area contributed by atoms with Gasteiger partial charge in [0.25, 0.3) is 0 Å². The lowest BCUT2D eigenvalue weighted by molar-refractivity contribution is -0.138. The SMILES string of the molecule is C=C(CC)C(=O)O.C=C(CCC(F)(F)F)C(=O)O. The van der Waals surface area contributed by atoms with Crippen LogP contribution in [-0.2, 0) is 9.59 Å². The zero-order valence-corrected chi connectivity index (χ0v) is 9.88. The van der Waals surface area contributed by atoms with Gasteiger partial charge in [-0.05, 0) is 12.8 Å². The van der Waals surface area contributed by atoms with Crippen LogP contribution in [-0.4, -0.2) is 28.3 Å². The first kappa shape index (κ1) is 18.6. The molecule has 4 nitrogen and oxygen atoms in total. The number of hydrogen-bond donors (Lipinski definition) is 2. The van der Waals surface area contributed by atoms with Crippen LogP contribution in [0.25, 0.3) is 0 Å². The van der Waals surface area contributed by atoms with Gasteiger partial charge in [-0.25, -0.2) is 9.59 Å². The van der Waals surface area contributed by atoms with Crippen LogP contribution in [0, 0.1) is 0 Å². The third-order valence-corrected chi connectivity index (χ3v) is 1.74. The van der Waals surface area contributed by atoms with Gasteiger partial charge in [-0.3, -0.25) is 0 Å². The molecule has 0 radical (unpaired) electrons. The van der Waals surface area contributed by atoms with Crippen LogP contribution in [0.4, 0.5) is 13.2 Å². The summed E-state index contributed by atoms with van der Waals surface area (Å²) in [6.07, 6.45) is -5.45. The zero-order valence-electron chi connectivity index (χ0n) is 9.88. The highest BCUT2D eigenvalue weighted by Crippen LogP contribution is 2.23. The minimum Gasteiger partial charge on any atom is -0.478 e. The van der Waals surface area contributed by atoms with E-state index in [1.54, 1.807) is 6.92 Å². The highest BCUT2D eigenvalue weighted by atomic mass is 19.4. The molecule has 0 aromatic rings. The molecule has 0 atom stereocenters. The highest BCUT2D eigenvalue weighted by molar-refractivity contribution is 5.85. The fraction of sp³-hybridized carbons (Fsp3) is 0.455. The van der Waals surface area contributed by atoms with Crippen molar-refractivity contribution in [3.8, 4) is 0 Å². The second-order valence-corrected chi connectivity index (χ2v) is 3.29. The van der Waals surface area contributed by atoms with Crippen molar-refractivity contribution in [1.82, 2.24) is 0 Å². The molecule has 0 saturated carbocycles. The maximum atomic E-state index is 11.4. The number of carboxylic acids is 2. The monoisotopic (exact) mass is 268 g/mol. The Bertz CT molecular complexity index is 332. The summed E-state index contributed by atoms with van der Waals surface area (Å²) in [5.74, 6) is -2.28. The van der Waals surface area contributed by atoms with Crippen molar-refractivity contribution in [2.75, 3.05) is 0 Å². The molecule has 0 aromatic heterocycles. The van der Waals surface area contributed by atoms with Gasteiger partial charge in [-0.2, -0.15) is 13.2 Å². The summed E-state index contributed by atoms with van der Waals surface area (Å²) in [6, 6.07) is 0. The van der Waals surface area contributed by atoms with E-state index in [2.05, 4.69) is 13.2 Å². The van der Waals surface area contributed by atoms with E-state index in [0.717, 1.165) is 0 Å². The first-order valence-corrected chi connectivity index (χ1v) is 4.90. The Morgan fingerprint density at radius 3 is 1.61 bits per heavy atom. The van der Waals surface area contributed by atoms with Crippen molar-refractivity contribution in [2.24, 2.45) is 0 Å².